The minimum absolute atomic E-state index is 0.345. The molecule has 2 N–H and O–H groups in total. The largest absolute Gasteiger partial charge is 0.491 e. The summed E-state index contributed by atoms with van der Waals surface area (Å²) in [6.07, 6.45) is 3.44. The number of halogens is 1. The predicted molar refractivity (Wildman–Crippen MR) is 81.7 cm³/mol. The monoisotopic (exact) mass is 298 g/mol. The van der Waals surface area contributed by atoms with Crippen LogP contribution in [-0.4, -0.2) is 36.9 Å². The average Bonchev–Trinajstić information content (AvgIpc) is 2.43. The van der Waals surface area contributed by atoms with E-state index >= 15 is 0 Å². The van der Waals surface area contributed by atoms with Crippen molar-refractivity contribution in [1.82, 2.24) is 0 Å². The summed E-state index contributed by atoms with van der Waals surface area (Å²) in [7, 11) is 0. The van der Waals surface area contributed by atoms with Gasteiger partial charge in [0.25, 0.3) is 0 Å². The van der Waals surface area contributed by atoms with E-state index in [0.717, 1.165) is 29.4 Å². The summed E-state index contributed by atoms with van der Waals surface area (Å²) in [6, 6.07) is 6.23. The molecule has 1 aliphatic rings. The van der Waals surface area contributed by atoms with E-state index in [0.29, 0.717) is 12.6 Å². The molecule has 1 fully saturated rings. The number of hydrogen-bond acceptors (Lipinski definition) is 2. The Morgan fingerprint density at radius 1 is 1.45 bits per heavy atom. The molecule has 20 heavy (non-hydrogen) atoms. The Hall–Kier alpha value is -0.770. The molecule has 1 saturated heterocycles. The maximum atomic E-state index is 10.1. The van der Waals surface area contributed by atoms with E-state index in [2.05, 4.69) is 6.92 Å². The molecule has 0 amide bonds. The molecule has 2 rings (SSSR count). The quantitative estimate of drug-likeness (QED) is 0.870. The molecule has 4 heteroatoms. The molecular weight excluding hydrogens is 274 g/mol. The lowest BCUT2D eigenvalue weighted by molar-refractivity contribution is -0.931. The molecule has 112 valence electrons. The molecule has 1 aromatic carbocycles. The number of nitrogens with one attached hydrogen (secondary N) is 1. The van der Waals surface area contributed by atoms with Gasteiger partial charge in [-0.2, -0.15) is 0 Å². The van der Waals surface area contributed by atoms with Crippen molar-refractivity contribution in [3.05, 3.63) is 28.8 Å². The Balaban J connectivity index is 1.79. The van der Waals surface area contributed by atoms with Gasteiger partial charge in [-0.15, -0.1) is 0 Å². The second-order valence-corrected chi connectivity index (χ2v) is 6.29. The SMILES string of the molecule is Cc1cc(OCC(O)C[NH+]2CCCCC2C)ccc1Cl. The van der Waals surface area contributed by atoms with Gasteiger partial charge < -0.3 is 14.7 Å². The van der Waals surface area contributed by atoms with Gasteiger partial charge in [0, 0.05) is 5.02 Å². The van der Waals surface area contributed by atoms with Gasteiger partial charge in [-0.25, -0.2) is 0 Å². The van der Waals surface area contributed by atoms with Gasteiger partial charge in [-0.1, -0.05) is 11.6 Å². The number of rotatable bonds is 5. The highest BCUT2D eigenvalue weighted by Gasteiger charge is 2.24. The van der Waals surface area contributed by atoms with Crippen LogP contribution >= 0.6 is 11.6 Å². The summed E-state index contributed by atoms with van der Waals surface area (Å²) in [5, 5.41) is 10.9. The predicted octanol–water partition coefficient (Wildman–Crippen LogP) is 1.85. The molecule has 0 saturated carbocycles. The van der Waals surface area contributed by atoms with Gasteiger partial charge in [0.05, 0.1) is 12.6 Å². The van der Waals surface area contributed by atoms with Crippen molar-refractivity contribution >= 4 is 11.6 Å². The number of aliphatic hydroxyl groups excluding tert-OH is 1. The summed E-state index contributed by atoms with van der Waals surface area (Å²) >= 11 is 5.98. The van der Waals surface area contributed by atoms with E-state index in [4.69, 9.17) is 16.3 Å². The van der Waals surface area contributed by atoms with E-state index in [1.165, 1.54) is 24.2 Å². The maximum Gasteiger partial charge on any atom is 0.137 e. The molecule has 3 nitrogen and oxygen atoms in total. The summed E-state index contributed by atoms with van der Waals surface area (Å²) < 4.78 is 5.66. The Morgan fingerprint density at radius 3 is 2.95 bits per heavy atom. The first-order valence-electron chi connectivity index (χ1n) is 7.48. The molecule has 0 radical (unpaired) electrons. The highest BCUT2D eigenvalue weighted by Crippen LogP contribution is 2.21. The molecule has 0 bridgehead atoms. The summed E-state index contributed by atoms with van der Waals surface area (Å²) in [5.74, 6) is 0.771. The van der Waals surface area contributed by atoms with Crippen LogP contribution in [0.25, 0.3) is 0 Å². The number of quaternary nitrogens is 1. The minimum atomic E-state index is -0.415. The third-order valence-electron chi connectivity index (χ3n) is 4.15. The van der Waals surface area contributed by atoms with E-state index in [9.17, 15) is 5.11 Å². The Labute approximate surface area is 126 Å². The zero-order chi connectivity index (χ0) is 14.5. The smallest absolute Gasteiger partial charge is 0.137 e. The summed E-state index contributed by atoms with van der Waals surface area (Å²) in [4.78, 5) is 1.50. The van der Waals surface area contributed by atoms with Crippen LogP contribution in [0.15, 0.2) is 18.2 Å². The highest BCUT2D eigenvalue weighted by molar-refractivity contribution is 6.31. The zero-order valence-corrected chi connectivity index (χ0v) is 13.1. The van der Waals surface area contributed by atoms with Crippen molar-refractivity contribution in [2.75, 3.05) is 19.7 Å². The molecule has 1 heterocycles. The van der Waals surface area contributed by atoms with Crippen LogP contribution in [-0.2, 0) is 0 Å². The molecule has 3 atom stereocenters. The van der Waals surface area contributed by atoms with Crippen molar-refractivity contribution in [3.8, 4) is 5.75 Å². The molecule has 1 aliphatic heterocycles. The van der Waals surface area contributed by atoms with Gasteiger partial charge in [0.1, 0.15) is 25.0 Å². The fourth-order valence-electron chi connectivity index (χ4n) is 2.82. The fraction of sp³-hybridized carbons (Fsp3) is 0.625. The van der Waals surface area contributed by atoms with Gasteiger partial charge in [-0.05, 0) is 56.9 Å². The van der Waals surface area contributed by atoms with Gasteiger partial charge in [0.15, 0.2) is 0 Å². The van der Waals surface area contributed by atoms with Crippen molar-refractivity contribution in [2.45, 2.75) is 45.3 Å². The Kier molecular flexibility index (Phi) is 5.70. The number of benzene rings is 1. The van der Waals surface area contributed by atoms with E-state index in [1.807, 2.05) is 25.1 Å². The van der Waals surface area contributed by atoms with E-state index in [-0.39, 0.29) is 0 Å². The second-order valence-electron chi connectivity index (χ2n) is 5.89. The molecule has 3 unspecified atom stereocenters. The maximum absolute atomic E-state index is 10.1. The van der Waals surface area contributed by atoms with Crippen LogP contribution in [0.2, 0.25) is 5.02 Å². The number of piperidine rings is 1. The van der Waals surface area contributed by atoms with Gasteiger partial charge >= 0.3 is 0 Å². The van der Waals surface area contributed by atoms with Crippen LogP contribution in [0, 0.1) is 6.92 Å². The highest BCUT2D eigenvalue weighted by atomic mass is 35.5. The molecular formula is C16H25ClNO2+. The van der Waals surface area contributed by atoms with Crippen molar-refractivity contribution in [2.24, 2.45) is 0 Å². The van der Waals surface area contributed by atoms with Crippen LogP contribution in [0.1, 0.15) is 31.7 Å². The minimum Gasteiger partial charge on any atom is -0.491 e. The lowest BCUT2D eigenvalue weighted by atomic mass is 10.0. The lowest BCUT2D eigenvalue weighted by Crippen LogP contribution is -3.17. The Bertz CT molecular complexity index is 438. The average molecular weight is 299 g/mol. The molecule has 0 aromatic heterocycles. The number of aliphatic hydroxyl groups is 1. The summed E-state index contributed by atoms with van der Waals surface area (Å²) in [6.45, 7) is 6.50. The van der Waals surface area contributed by atoms with Crippen LogP contribution < -0.4 is 9.64 Å². The topological polar surface area (TPSA) is 33.9 Å². The molecule has 0 aliphatic carbocycles. The standard InChI is InChI=1S/C16H24ClNO2/c1-12-9-15(6-7-16(12)17)20-11-14(19)10-18-8-4-3-5-13(18)2/h6-7,9,13-14,19H,3-5,8,10-11H2,1-2H3/p+1. The third-order valence-corrected chi connectivity index (χ3v) is 4.58. The number of ether oxygens (including phenoxy) is 1. The molecule has 1 aromatic rings. The van der Waals surface area contributed by atoms with Gasteiger partial charge in [-0.3, -0.25) is 0 Å². The van der Waals surface area contributed by atoms with Crippen LogP contribution in [0.5, 0.6) is 5.75 Å². The first kappa shape index (κ1) is 15.6. The number of hydrogen-bond donors (Lipinski definition) is 2. The van der Waals surface area contributed by atoms with E-state index in [1.54, 1.807) is 0 Å². The van der Waals surface area contributed by atoms with Crippen LogP contribution in [0.3, 0.4) is 0 Å². The third kappa shape index (κ3) is 4.37. The summed E-state index contributed by atoms with van der Waals surface area (Å²) in [5.41, 5.74) is 0.994. The fourth-order valence-corrected chi connectivity index (χ4v) is 2.93. The van der Waals surface area contributed by atoms with Crippen molar-refractivity contribution in [3.63, 3.8) is 0 Å². The van der Waals surface area contributed by atoms with E-state index < -0.39 is 6.10 Å². The van der Waals surface area contributed by atoms with Crippen LogP contribution in [0.4, 0.5) is 0 Å². The second kappa shape index (κ2) is 7.30. The normalized spacial score (nSPS) is 24.4. The van der Waals surface area contributed by atoms with Gasteiger partial charge in [0.2, 0.25) is 0 Å². The zero-order valence-electron chi connectivity index (χ0n) is 12.4. The first-order valence-corrected chi connectivity index (χ1v) is 7.85. The number of aryl methyl sites for hydroxylation is 1. The molecule has 0 spiro atoms. The first-order chi connectivity index (χ1) is 9.56. The van der Waals surface area contributed by atoms with Crippen molar-refractivity contribution in [1.29, 1.82) is 0 Å². The number of likely N-dealkylation sites (tertiary alicyclic amines) is 1. The Morgan fingerprint density at radius 2 is 2.25 bits per heavy atom. The van der Waals surface area contributed by atoms with Crippen molar-refractivity contribution < 1.29 is 14.7 Å². The lowest BCUT2D eigenvalue weighted by Gasteiger charge is -2.31.